The van der Waals surface area contributed by atoms with Crippen LogP contribution in [-0.2, 0) is 6.54 Å². The normalized spacial score (nSPS) is 13.1. The molecule has 13 heavy (non-hydrogen) atoms. The second kappa shape index (κ2) is 6.01. The minimum atomic E-state index is 0.265. The molecule has 0 bridgehead atoms. The molecule has 0 saturated heterocycles. The Morgan fingerprint density at radius 2 is 2.54 bits per heavy atom. The molecule has 1 heterocycles. The summed E-state index contributed by atoms with van der Waals surface area (Å²) >= 11 is 1.37. The molecule has 0 spiro atoms. The zero-order chi connectivity index (χ0) is 9.52. The van der Waals surface area contributed by atoms with E-state index in [0.29, 0.717) is 5.92 Å². The van der Waals surface area contributed by atoms with Crippen molar-refractivity contribution in [3.63, 3.8) is 0 Å². The molecule has 1 aromatic heterocycles. The molecule has 0 aromatic carbocycles. The van der Waals surface area contributed by atoms with Crippen molar-refractivity contribution in [3.05, 3.63) is 11.1 Å². The zero-order valence-corrected chi connectivity index (χ0v) is 8.55. The second-order valence-electron chi connectivity index (χ2n) is 3.14. The Bertz CT molecular complexity index is 215. The average molecular weight is 201 g/mol. The number of hydrogen-bond donors (Lipinski definition) is 2. The van der Waals surface area contributed by atoms with Crippen LogP contribution >= 0.6 is 11.5 Å². The van der Waals surface area contributed by atoms with Gasteiger partial charge in [-0.1, -0.05) is 11.4 Å². The van der Waals surface area contributed by atoms with E-state index in [0.717, 1.165) is 25.2 Å². The van der Waals surface area contributed by atoms with Crippen LogP contribution in [-0.4, -0.2) is 27.8 Å². The number of aliphatic hydroxyl groups excluding tert-OH is 1. The SMILES string of the molecule is CC(CCO)CNCc1csnn1. The molecule has 5 heteroatoms. The Morgan fingerprint density at radius 3 is 3.15 bits per heavy atom. The molecule has 0 aliphatic carbocycles. The van der Waals surface area contributed by atoms with Gasteiger partial charge in [-0.05, 0) is 30.4 Å². The number of hydrogen-bond acceptors (Lipinski definition) is 5. The molecular formula is C8H15N3OS. The van der Waals surface area contributed by atoms with E-state index in [-0.39, 0.29) is 6.61 Å². The molecule has 2 N–H and O–H groups in total. The summed E-state index contributed by atoms with van der Waals surface area (Å²) in [6.07, 6.45) is 0.850. The highest BCUT2D eigenvalue weighted by molar-refractivity contribution is 7.03. The quantitative estimate of drug-likeness (QED) is 0.709. The third-order valence-electron chi connectivity index (χ3n) is 1.83. The first-order valence-corrected chi connectivity index (χ1v) is 5.24. The second-order valence-corrected chi connectivity index (χ2v) is 3.75. The largest absolute Gasteiger partial charge is 0.396 e. The predicted octanol–water partition coefficient (Wildman–Crippen LogP) is 0.646. The van der Waals surface area contributed by atoms with Crippen LogP contribution in [0.25, 0.3) is 0 Å². The number of aromatic nitrogens is 2. The third kappa shape index (κ3) is 4.31. The van der Waals surface area contributed by atoms with Crippen molar-refractivity contribution in [3.8, 4) is 0 Å². The Hall–Kier alpha value is -0.520. The van der Waals surface area contributed by atoms with Gasteiger partial charge in [0.05, 0.1) is 5.69 Å². The zero-order valence-electron chi connectivity index (χ0n) is 7.73. The molecule has 1 rings (SSSR count). The summed E-state index contributed by atoms with van der Waals surface area (Å²) < 4.78 is 3.77. The summed E-state index contributed by atoms with van der Waals surface area (Å²) in [5.74, 6) is 0.511. The maximum atomic E-state index is 8.67. The molecule has 4 nitrogen and oxygen atoms in total. The van der Waals surface area contributed by atoms with Gasteiger partial charge in [-0.15, -0.1) is 5.10 Å². The fourth-order valence-electron chi connectivity index (χ4n) is 1.03. The fourth-order valence-corrected chi connectivity index (χ4v) is 1.48. The summed E-state index contributed by atoms with van der Waals surface area (Å²) in [4.78, 5) is 0. The van der Waals surface area contributed by atoms with Gasteiger partial charge in [0, 0.05) is 18.5 Å². The van der Waals surface area contributed by atoms with Gasteiger partial charge in [-0.3, -0.25) is 0 Å². The average Bonchev–Trinajstić information content (AvgIpc) is 2.57. The van der Waals surface area contributed by atoms with Crippen LogP contribution in [0.4, 0.5) is 0 Å². The molecule has 0 amide bonds. The van der Waals surface area contributed by atoms with Gasteiger partial charge in [-0.25, -0.2) is 0 Å². The van der Waals surface area contributed by atoms with Crippen molar-refractivity contribution in [1.82, 2.24) is 14.9 Å². The maximum absolute atomic E-state index is 8.67. The lowest BCUT2D eigenvalue weighted by molar-refractivity contribution is 0.260. The van der Waals surface area contributed by atoms with Gasteiger partial charge in [0.25, 0.3) is 0 Å². The van der Waals surface area contributed by atoms with Crippen molar-refractivity contribution >= 4 is 11.5 Å². The van der Waals surface area contributed by atoms with Gasteiger partial charge in [-0.2, -0.15) is 0 Å². The van der Waals surface area contributed by atoms with Gasteiger partial charge in [0.2, 0.25) is 0 Å². The van der Waals surface area contributed by atoms with E-state index >= 15 is 0 Å². The molecule has 0 aliphatic rings. The minimum Gasteiger partial charge on any atom is -0.396 e. The van der Waals surface area contributed by atoms with E-state index in [4.69, 9.17) is 5.11 Å². The smallest absolute Gasteiger partial charge is 0.0893 e. The van der Waals surface area contributed by atoms with E-state index in [9.17, 15) is 0 Å². The number of nitrogens with one attached hydrogen (secondary N) is 1. The number of aliphatic hydroxyl groups is 1. The molecular weight excluding hydrogens is 186 g/mol. The monoisotopic (exact) mass is 201 g/mol. The summed E-state index contributed by atoms with van der Waals surface area (Å²) in [5, 5.41) is 17.8. The topological polar surface area (TPSA) is 58.0 Å². The fraction of sp³-hybridized carbons (Fsp3) is 0.750. The Balaban J connectivity index is 2.07. The van der Waals surface area contributed by atoms with Gasteiger partial charge in [0.15, 0.2) is 0 Å². The van der Waals surface area contributed by atoms with E-state index in [1.165, 1.54) is 11.5 Å². The maximum Gasteiger partial charge on any atom is 0.0893 e. The molecule has 0 saturated carbocycles. The highest BCUT2D eigenvalue weighted by atomic mass is 32.1. The predicted molar refractivity (Wildman–Crippen MR) is 52.5 cm³/mol. The molecule has 1 aromatic rings. The van der Waals surface area contributed by atoms with E-state index in [1.54, 1.807) is 0 Å². The van der Waals surface area contributed by atoms with Crippen LogP contribution in [0.15, 0.2) is 5.38 Å². The molecule has 1 unspecified atom stereocenters. The van der Waals surface area contributed by atoms with Crippen LogP contribution in [0.3, 0.4) is 0 Å². The van der Waals surface area contributed by atoms with Gasteiger partial charge < -0.3 is 10.4 Å². The first-order chi connectivity index (χ1) is 6.33. The van der Waals surface area contributed by atoms with Gasteiger partial charge in [0.1, 0.15) is 0 Å². The number of rotatable bonds is 6. The summed E-state index contributed by atoms with van der Waals surface area (Å²) in [7, 11) is 0. The number of nitrogens with zero attached hydrogens (tertiary/aromatic N) is 2. The highest BCUT2D eigenvalue weighted by Crippen LogP contribution is 2.00. The van der Waals surface area contributed by atoms with Crippen LogP contribution in [0.5, 0.6) is 0 Å². The van der Waals surface area contributed by atoms with Crippen LogP contribution in [0.2, 0.25) is 0 Å². The minimum absolute atomic E-state index is 0.265. The van der Waals surface area contributed by atoms with Crippen molar-refractivity contribution in [2.75, 3.05) is 13.2 Å². The first-order valence-electron chi connectivity index (χ1n) is 4.40. The molecule has 0 aliphatic heterocycles. The molecule has 74 valence electrons. The Morgan fingerprint density at radius 1 is 1.69 bits per heavy atom. The molecule has 0 radical (unpaired) electrons. The Kier molecular flexibility index (Phi) is 4.88. The summed E-state index contributed by atoms with van der Waals surface area (Å²) in [5.41, 5.74) is 0.987. The molecule has 0 fully saturated rings. The van der Waals surface area contributed by atoms with Crippen LogP contribution < -0.4 is 5.32 Å². The first kappa shape index (κ1) is 10.6. The van der Waals surface area contributed by atoms with Gasteiger partial charge >= 0.3 is 0 Å². The summed E-state index contributed by atoms with van der Waals surface area (Å²) in [6, 6.07) is 0. The van der Waals surface area contributed by atoms with Crippen molar-refractivity contribution < 1.29 is 5.11 Å². The van der Waals surface area contributed by atoms with Crippen LogP contribution in [0, 0.1) is 5.92 Å². The lowest BCUT2D eigenvalue weighted by Crippen LogP contribution is -2.21. The third-order valence-corrected chi connectivity index (χ3v) is 2.38. The van der Waals surface area contributed by atoms with Crippen LogP contribution in [0.1, 0.15) is 19.0 Å². The van der Waals surface area contributed by atoms with Crippen molar-refractivity contribution in [2.45, 2.75) is 19.9 Å². The Labute approximate surface area is 82.2 Å². The van der Waals surface area contributed by atoms with Crippen molar-refractivity contribution in [1.29, 1.82) is 0 Å². The van der Waals surface area contributed by atoms with E-state index < -0.39 is 0 Å². The highest BCUT2D eigenvalue weighted by Gasteiger charge is 2.01. The summed E-state index contributed by atoms with van der Waals surface area (Å²) in [6.45, 7) is 4.06. The van der Waals surface area contributed by atoms with E-state index in [1.807, 2.05) is 5.38 Å². The lowest BCUT2D eigenvalue weighted by Gasteiger charge is -2.09. The van der Waals surface area contributed by atoms with E-state index in [2.05, 4.69) is 21.8 Å². The standard InChI is InChI=1S/C8H15N3OS/c1-7(2-3-12)4-9-5-8-6-13-11-10-8/h6-7,9,12H,2-5H2,1H3. The lowest BCUT2D eigenvalue weighted by atomic mass is 10.1. The van der Waals surface area contributed by atoms with Crippen molar-refractivity contribution in [2.24, 2.45) is 5.92 Å². The molecule has 1 atom stereocenters.